The molecule has 0 heterocycles. The van der Waals surface area contributed by atoms with Gasteiger partial charge in [0.15, 0.2) is 0 Å². The summed E-state index contributed by atoms with van der Waals surface area (Å²) in [6.45, 7) is 2.91. The molecular weight excluding hydrogens is 239 g/mol. The van der Waals surface area contributed by atoms with Gasteiger partial charge in [-0.2, -0.15) is 0 Å². The van der Waals surface area contributed by atoms with Crippen molar-refractivity contribution in [2.24, 2.45) is 0 Å². The molecule has 2 nitrogen and oxygen atoms in total. The highest BCUT2D eigenvalue weighted by Gasteiger charge is 2.07. The van der Waals surface area contributed by atoms with Crippen LogP contribution in [0.3, 0.4) is 0 Å². The van der Waals surface area contributed by atoms with Crippen molar-refractivity contribution in [3.05, 3.63) is 59.4 Å². The lowest BCUT2D eigenvalue weighted by Crippen LogP contribution is -2.21. The SMILES string of the molecule is Cc1ccccc1CCN(C)c1cc(F)ccc1N. The number of aryl methyl sites for hydroxylation is 1. The zero-order chi connectivity index (χ0) is 13.8. The van der Waals surface area contributed by atoms with E-state index in [1.54, 1.807) is 6.07 Å². The number of anilines is 2. The molecule has 0 bridgehead atoms. The van der Waals surface area contributed by atoms with Crippen LogP contribution in [0.4, 0.5) is 15.8 Å². The summed E-state index contributed by atoms with van der Waals surface area (Å²) < 4.78 is 13.3. The van der Waals surface area contributed by atoms with E-state index in [0.29, 0.717) is 5.69 Å². The number of nitrogens with zero attached hydrogens (tertiary/aromatic N) is 1. The molecule has 0 saturated carbocycles. The van der Waals surface area contributed by atoms with Crippen molar-refractivity contribution in [2.75, 3.05) is 24.2 Å². The number of nitrogens with two attached hydrogens (primary N) is 1. The van der Waals surface area contributed by atoms with E-state index in [1.165, 1.54) is 23.3 Å². The number of benzene rings is 2. The molecule has 19 heavy (non-hydrogen) atoms. The highest BCUT2D eigenvalue weighted by molar-refractivity contribution is 5.67. The normalized spacial score (nSPS) is 10.5. The second-order valence-electron chi connectivity index (χ2n) is 4.80. The second kappa shape index (κ2) is 5.74. The molecule has 0 radical (unpaired) electrons. The maximum atomic E-state index is 13.3. The molecule has 0 spiro atoms. The molecule has 0 aliphatic heterocycles. The van der Waals surface area contributed by atoms with E-state index >= 15 is 0 Å². The quantitative estimate of drug-likeness (QED) is 0.852. The Morgan fingerprint density at radius 3 is 2.63 bits per heavy atom. The summed E-state index contributed by atoms with van der Waals surface area (Å²) in [6, 6.07) is 12.8. The summed E-state index contributed by atoms with van der Waals surface area (Å²) in [6.07, 6.45) is 0.916. The third-order valence-electron chi connectivity index (χ3n) is 3.38. The highest BCUT2D eigenvalue weighted by atomic mass is 19.1. The lowest BCUT2D eigenvalue weighted by molar-refractivity contribution is 0.627. The Hall–Kier alpha value is -2.03. The maximum Gasteiger partial charge on any atom is 0.125 e. The van der Waals surface area contributed by atoms with Gasteiger partial charge in [0.1, 0.15) is 5.82 Å². The summed E-state index contributed by atoms with van der Waals surface area (Å²) in [7, 11) is 1.93. The Morgan fingerprint density at radius 1 is 1.16 bits per heavy atom. The van der Waals surface area contributed by atoms with Crippen molar-refractivity contribution in [3.8, 4) is 0 Å². The molecule has 0 unspecified atom stereocenters. The van der Waals surface area contributed by atoms with Crippen LogP contribution in [0.5, 0.6) is 0 Å². The van der Waals surface area contributed by atoms with Crippen LogP contribution in [-0.2, 0) is 6.42 Å². The third-order valence-corrected chi connectivity index (χ3v) is 3.38. The topological polar surface area (TPSA) is 29.3 Å². The van der Waals surface area contributed by atoms with Gasteiger partial charge in [0.05, 0.1) is 11.4 Å². The Bertz CT molecular complexity index is 566. The molecule has 100 valence electrons. The highest BCUT2D eigenvalue weighted by Crippen LogP contribution is 2.23. The predicted molar refractivity (Wildman–Crippen MR) is 79.0 cm³/mol. The lowest BCUT2D eigenvalue weighted by Gasteiger charge is -2.21. The van der Waals surface area contributed by atoms with Gasteiger partial charge in [-0.15, -0.1) is 0 Å². The van der Waals surface area contributed by atoms with Gasteiger partial charge < -0.3 is 10.6 Å². The van der Waals surface area contributed by atoms with E-state index < -0.39 is 0 Å². The number of hydrogen-bond acceptors (Lipinski definition) is 2. The van der Waals surface area contributed by atoms with Crippen LogP contribution >= 0.6 is 0 Å². The molecule has 2 rings (SSSR count). The summed E-state index contributed by atoms with van der Waals surface area (Å²) in [4.78, 5) is 1.99. The molecule has 2 aromatic carbocycles. The molecule has 2 aromatic rings. The monoisotopic (exact) mass is 258 g/mol. The van der Waals surface area contributed by atoms with Gasteiger partial charge in [-0.25, -0.2) is 4.39 Å². The van der Waals surface area contributed by atoms with E-state index in [4.69, 9.17) is 5.73 Å². The first kappa shape index (κ1) is 13.4. The van der Waals surface area contributed by atoms with E-state index in [2.05, 4.69) is 19.1 Å². The summed E-state index contributed by atoms with van der Waals surface area (Å²) in [5.41, 5.74) is 9.82. The first-order valence-electron chi connectivity index (χ1n) is 6.38. The van der Waals surface area contributed by atoms with E-state index in [1.807, 2.05) is 24.1 Å². The van der Waals surface area contributed by atoms with Gasteiger partial charge in [-0.05, 0) is 42.7 Å². The van der Waals surface area contributed by atoms with Gasteiger partial charge in [0.2, 0.25) is 0 Å². The molecule has 0 aromatic heterocycles. The minimum Gasteiger partial charge on any atom is -0.397 e. The Kier molecular flexibility index (Phi) is 4.05. The molecule has 0 saturated heterocycles. The van der Waals surface area contributed by atoms with Gasteiger partial charge in [-0.1, -0.05) is 24.3 Å². The fraction of sp³-hybridized carbons (Fsp3) is 0.250. The molecule has 3 heteroatoms. The number of rotatable bonds is 4. The van der Waals surface area contributed by atoms with Crippen LogP contribution in [-0.4, -0.2) is 13.6 Å². The first-order chi connectivity index (χ1) is 9.08. The first-order valence-corrected chi connectivity index (χ1v) is 6.38. The van der Waals surface area contributed by atoms with Crippen molar-refractivity contribution in [3.63, 3.8) is 0 Å². The van der Waals surface area contributed by atoms with Gasteiger partial charge >= 0.3 is 0 Å². The van der Waals surface area contributed by atoms with E-state index in [9.17, 15) is 4.39 Å². The smallest absolute Gasteiger partial charge is 0.125 e. The molecule has 0 atom stereocenters. The molecule has 0 aliphatic rings. The average molecular weight is 258 g/mol. The van der Waals surface area contributed by atoms with E-state index in [-0.39, 0.29) is 5.82 Å². The number of hydrogen-bond donors (Lipinski definition) is 1. The van der Waals surface area contributed by atoms with Crippen molar-refractivity contribution >= 4 is 11.4 Å². The largest absolute Gasteiger partial charge is 0.397 e. The fourth-order valence-corrected chi connectivity index (χ4v) is 2.15. The van der Waals surface area contributed by atoms with Crippen LogP contribution in [0, 0.1) is 12.7 Å². The summed E-state index contributed by atoms with van der Waals surface area (Å²) in [5.74, 6) is -0.257. The molecule has 0 aliphatic carbocycles. The Labute approximate surface area is 113 Å². The van der Waals surface area contributed by atoms with Crippen LogP contribution < -0.4 is 10.6 Å². The average Bonchev–Trinajstić information content (AvgIpc) is 2.40. The molecular formula is C16H19FN2. The number of nitrogen functional groups attached to an aromatic ring is 1. The lowest BCUT2D eigenvalue weighted by atomic mass is 10.1. The maximum absolute atomic E-state index is 13.3. The number of likely N-dealkylation sites (N-methyl/N-ethyl adjacent to an activating group) is 1. The molecule has 0 amide bonds. The van der Waals surface area contributed by atoms with Crippen LogP contribution in [0.1, 0.15) is 11.1 Å². The van der Waals surface area contributed by atoms with Crippen LogP contribution in [0.15, 0.2) is 42.5 Å². The summed E-state index contributed by atoms with van der Waals surface area (Å²) >= 11 is 0. The van der Waals surface area contributed by atoms with Crippen molar-refractivity contribution in [1.82, 2.24) is 0 Å². The zero-order valence-corrected chi connectivity index (χ0v) is 11.4. The zero-order valence-electron chi connectivity index (χ0n) is 11.4. The minimum absolute atomic E-state index is 0.257. The van der Waals surface area contributed by atoms with Gasteiger partial charge in [0, 0.05) is 13.6 Å². The predicted octanol–water partition coefficient (Wildman–Crippen LogP) is 3.40. The minimum atomic E-state index is -0.257. The van der Waals surface area contributed by atoms with Crippen LogP contribution in [0.2, 0.25) is 0 Å². The van der Waals surface area contributed by atoms with Crippen molar-refractivity contribution in [2.45, 2.75) is 13.3 Å². The Morgan fingerprint density at radius 2 is 1.89 bits per heavy atom. The fourth-order valence-electron chi connectivity index (χ4n) is 2.15. The van der Waals surface area contributed by atoms with Gasteiger partial charge in [-0.3, -0.25) is 0 Å². The van der Waals surface area contributed by atoms with Gasteiger partial charge in [0.25, 0.3) is 0 Å². The molecule has 2 N–H and O–H groups in total. The number of halogens is 1. The van der Waals surface area contributed by atoms with Crippen molar-refractivity contribution < 1.29 is 4.39 Å². The standard InChI is InChI=1S/C16H19FN2/c1-12-5-3-4-6-13(12)9-10-19(2)16-11-14(17)7-8-15(16)18/h3-8,11H,9-10,18H2,1-2H3. The summed E-state index contributed by atoms with van der Waals surface area (Å²) in [5, 5.41) is 0. The third kappa shape index (κ3) is 3.25. The van der Waals surface area contributed by atoms with E-state index in [0.717, 1.165) is 18.7 Å². The van der Waals surface area contributed by atoms with Crippen LogP contribution in [0.25, 0.3) is 0 Å². The Balaban J connectivity index is 2.07. The molecule has 0 fully saturated rings. The van der Waals surface area contributed by atoms with Crippen molar-refractivity contribution in [1.29, 1.82) is 0 Å². The second-order valence-corrected chi connectivity index (χ2v) is 4.80.